The topological polar surface area (TPSA) is 38.7 Å². The van der Waals surface area contributed by atoms with Gasteiger partial charge in [-0.3, -0.25) is 0 Å². The van der Waals surface area contributed by atoms with Crippen molar-refractivity contribution >= 4 is 40.1 Å². The Bertz CT molecular complexity index is 2090. The fourth-order valence-electron chi connectivity index (χ4n) is 10.3. The molecular formula is C47H56N6. The van der Waals surface area contributed by atoms with Gasteiger partial charge in [-0.1, -0.05) is 101 Å². The molecule has 3 aliphatic rings. The van der Waals surface area contributed by atoms with Crippen LogP contribution in [0.1, 0.15) is 104 Å². The number of benzene rings is 4. The van der Waals surface area contributed by atoms with Crippen molar-refractivity contribution in [1.82, 2.24) is 9.97 Å². The van der Waals surface area contributed by atoms with Gasteiger partial charge in [0.05, 0.1) is 23.3 Å². The average molecular weight is 705 g/mol. The fraction of sp³-hybridized carbons (Fsp3) is 0.404. The molecule has 0 amide bonds. The van der Waals surface area contributed by atoms with E-state index in [1.54, 1.807) is 0 Å². The number of nitrogens with zero attached hydrogens (tertiary/aromatic N) is 6. The standard InChI is InChI=1S/C47H56N6/c1-9-46(8)45-50(33(5)6)41-28-18-19-29-42(41)53(45)40-27-17-15-25-37(40)47(46,10-2)30-20-22-35-21-14-16-26-39(35)52-34(7)51(36-23-12-11-13-24-36)44-43(52)48-31-38(49-44)32(3)4/h11-19,21,23-29,31-34,45H,9-10,20,22,30H2,1-8H3. The van der Waals surface area contributed by atoms with E-state index in [0.717, 1.165) is 55.1 Å². The Morgan fingerprint density at radius 3 is 2.00 bits per heavy atom. The van der Waals surface area contributed by atoms with E-state index >= 15 is 0 Å². The van der Waals surface area contributed by atoms with Crippen LogP contribution in [0.25, 0.3) is 0 Å². The molecule has 6 heteroatoms. The van der Waals surface area contributed by atoms with E-state index in [0.29, 0.717) is 12.0 Å². The first-order valence-electron chi connectivity index (χ1n) is 20.0. The molecule has 4 unspecified atom stereocenters. The second kappa shape index (κ2) is 13.5. The molecule has 274 valence electrons. The summed E-state index contributed by atoms with van der Waals surface area (Å²) in [5, 5.41) is 0. The predicted octanol–water partition coefficient (Wildman–Crippen LogP) is 12.0. The van der Waals surface area contributed by atoms with Crippen LogP contribution in [0.4, 0.5) is 40.1 Å². The Balaban J connectivity index is 1.17. The fourth-order valence-corrected chi connectivity index (χ4v) is 10.3. The van der Waals surface area contributed by atoms with E-state index in [9.17, 15) is 0 Å². The van der Waals surface area contributed by atoms with Crippen LogP contribution in [-0.2, 0) is 11.8 Å². The van der Waals surface area contributed by atoms with Crippen molar-refractivity contribution in [3.8, 4) is 0 Å². The third-order valence-corrected chi connectivity index (χ3v) is 13.0. The lowest BCUT2D eigenvalue weighted by atomic mass is 9.52. The van der Waals surface area contributed by atoms with Gasteiger partial charge < -0.3 is 19.6 Å². The Labute approximate surface area is 317 Å². The number of anilines is 7. The zero-order valence-electron chi connectivity index (χ0n) is 32.9. The summed E-state index contributed by atoms with van der Waals surface area (Å²) in [7, 11) is 0. The lowest BCUT2D eigenvalue weighted by Crippen LogP contribution is -2.64. The third kappa shape index (κ3) is 5.26. The van der Waals surface area contributed by atoms with Gasteiger partial charge in [0.2, 0.25) is 0 Å². The molecule has 6 nitrogen and oxygen atoms in total. The van der Waals surface area contributed by atoms with Crippen molar-refractivity contribution < 1.29 is 0 Å². The molecule has 5 aromatic rings. The summed E-state index contributed by atoms with van der Waals surface area (Å²) in [5.41, 5.74) is 10.3. The Morgan fingerprint density at radius 2 is 1.32 bits per heavy atom. The maximum absolute atomic E-state index is 5.23. The quantitative estimate of drug-likeness (QED) is 0.144. The number of fused-ring (bicyclic) bond motifs is 6. The molecule has 0 bridgehead atoms. The second-order valence-electron chi connectivity index (χ2n) is 16.2. The van der Waals surface area contributed by atoms with E-state index in [1.165, 1.54) is 33.9 Å². The summed E-state index contributed by atoms with van der Waals surface area (Å²) in [6.07, 6.45) is 7.62. The van der Waals surface area contributed by atoms with E-state index in [1.807, 2.05) is 6.20 Å². The Morgan fingerprint density at radius 1 is 0.679 bits per heavy atom. The zero-order chi connectivity index (χ0) is 37.1. The molecule has 0 N–H and O–H groups in total. The number of aryl methyl sites for hydroxylation is 1. The molecule has 0 radical (unpaired) electrons. The summed E-state index contributed by atoms with van der Waals surface area (Å²) in [6, 6.07) is 38.5. The first-order chi connectivity index (χ1) is 25.7. The molecule has 4 aromatic carbocycles. The smallest absolute Gasteiger partial charge is 0.178 e. The van der Waals surface area contributed by atoms with Gasteiger partial charge in [0.25, 0.3) is 0 Å². The first-order valence-corrected chi connectivity index (χ1v) is 20.0. The van der Waals surface area contributed by atoms with Crippen molar-refractivity contribution in [2.24, 2.45) is 5.41 Å². The van der Waals surface area contributed by atoms with E-state index in [2.05, 4.69) is 178 Å². The van der Waals surface area contributed by atoms with Gasteiger partial charge in [0.15, 0.2) is 11.6 Å². The average Bonchev–Trinajstić information content (AvgIpc) is 3.69. The molecule has 0 saturated heterocycles. The van der Waals surface area contributed by atoms with Crippen LogP contribution in [0.2, 0.25) is 0 Å². The number of aromatic nitrogens is 2. The highest BCUT2D eigenvalue weighted by Gasteiger charge is 2.61. The van der Waals surface area contributed by atoms with E-state index in [-0.39, 0.29) is 23.2 Å². The van der Waals surface area contributed by atoms with Crippen molar-refractivity contribution in [2.75, 3.05) is 19.6 Å². The van der Waals surface area contributed by atoms with Crippen molar-refractivity contribution in [1.29, 1.82) is 0 Å². The van der Waals surface area contributed by atoms with Crippen LogP contribution in [0.3, 0.4) is 0 Å². The molecule has 4 heterocycles. The first kappa shape index (κ1) is 35.2. The number of para-hydroxylation sites is 5. The predicted molar refractivity (Wildman–Crippen MR) is 222 cm³/mol. The molecule has 3 aliphatic heterocycles. The van der Waals surface area contributed by atoms with E-state index < -0.39 is 0 Å². The van der Waals surface area contributed by atoms with Crippen LogP contribution >= 0.6 is 0 Å². The van der Waals surface area contributed by atoms with Gasteiger partial charge in [-0.25, -0.2) is 9.97 Å². The van der Waals surface area contributed by atoms with Crippen molar-refractivity contribution in [3.05, 3.63) is 126 Å². The maximum atomic E-state index is 5.23. The zero-order valence-corrected chi connectivity index (χ0v) is 32.9. The minimum absolute atomic E-state index is 0.00000293. The molecule has 0 fully saturated rings. The van der Waals surface area contributed by atoms with Crippen LogP contribution in [-0.4, -0.2) is 28.3 Å². The van der Waals surface area contributed by atoms with Gasteiger partial charge in [-0.15, -0.1) is 0 Å². The number of rotatable bonds is 10. The highest BCUT2D eigenvalue weighted by molar-refractivity contribution is 5.87. The van der Waals surface area contributed by atoms with Crippen LogP contribution in [0.5, 0.6) is 0 Å². The Kier molecular flexibility index (Phi) is 8.99. The van der Waals surface area contributed by atoms with Gasteiger partial charge in [-0.2, -0.15) is 0 Å². The highest BCUT2D eigenvalue weighted by Crippen LogP contribution is 2.65. The van der Waals surface area contributed by atoms with Gasteiger partial charge in [0, 0.05) is 33.9 Å². The van der Waals surface area contributed by atoms with Gasteiger partial charge in [0.1, 0.15) is 12.3 Å². The summed E-state index contributed by atoms with van der Waals surface area (Å²) >= 11 is 0. The summed E-state index contributed by atoms with van der Waals surface area (Å²) in [6.45, 7) is 18.9. The molecule has 8 rings (SSSR count). The van der Waals surface area contributed by atoms with Gasteiger partial charge in [-0.05, 0) is 106 Å². The lowest BCUT2D eigenvalue weighted by Gasteiger charge is -2.61. The SMILES string of the molecule is CCC1(CCCc2ccccc2N2c3ncc(C(C)C)nc3N(c3ccccc3)C2C)c2ccccc2N2c3ccccc3N(C(C)C)C2C1(C)CC. The summed E-state index contributed by atoms with van der Waals surface area (Å²) < 4.78 is 0. The molecule has 0 aliphatic carbocycles. The van der Waals surface area contributed by atoms with Gasteiger partial charge >= 0.3 is 0 Å². The third-order valence-electron chi connectivity index (χ3n) is 13.0. The Hall–Kier alpha value is -4.84. The van der Waals surface area contributed by atoms with Crippen LogP contribution in [0, 0.1) is 5.41 Å². The summed E-state index contributed by atoms with van der Waals surface area (Å²) in [4.78, 5) is 20.5. The minimum Gasteiger partial charge on any atom is -0.346 e. The second-order valence-corrected chi connectivity index (χ2v) is 16.2. The molecule has 0 saturated carbocycles. The van der Waals surface area contributed by atoms with Crippen LogP contribution in [0.15, 0.2) is 109 Å². The number of hydrogen-bond acceptors (Lipinski definition) is 6. The largest absolute Gasteiger partial charge is 0.346 e. The van der Waals surface area contributed by atoms with E-state index in [4.69, 9.17) is 9.97 Å². The monoisotopic (exact) mass is 704 g/mol. The van der Waals surface area contributed by atoms with Crippen LogP contribution < -0.4 is 19.6 Å². The molecule has 53 heavy (non-hydrogen) atoms. The number of hydrogen-bond donors (Lipinski definition) is 0. The molecule has 4 atom stereocenters. The lowest BCUT2D eigenvalue weighted by molar-refractivity contribution is 0.0655. The van der Waals surface area contributed by atoms with Crippen molar-refractivity contribution in [3.63, 3.8) is 0 Å². The minimum atomic E-state index is 0.00000293. The molecular weight excluding hydrogens is 649 g/mol. The molecule has 1 aromatic heterocycles. The normalized spacial score (nSPS) is 23.1. The summed E-state index contributed by atoms with van der Waals surface area (Å²) in [5.74, 6) is 2.16. The highest BCUT2D eigenvalue weighted by atomic mass is 15.5. The maximum Gasteiger partial charge on any atom is 0.178 e. The van der Waals surface area contributed by atoms with Crippen molar-refractivity contribution in [2.45, 2.75) is 117 Å². The molecule has 0 spiro atoms.